The van der Waals surface area contributed by atoms with Crippen molar-refractivity contribution in [1.82, 2.24) is 0 Å². The van der Waals surface area contributed by atoms with E-state index in [9.17, 15) is 0 Å². The lowest BCUT2D eigenvalue weighted by Crippen LogP contribution is -2.16. The van der Waals surface area contributed by atoms with Gasteiger partial charge in [0.15, 0.2) is 0 Å². The highest BCUT2D eigenvalue weighted by molar-refractivity contribution is 5.87. The van der Waals surface area contributed by atoms with Gasteiger partial charge in [0, 0.05) is 11.5 Å². The third kappa shape index (κ3) is 3.22. The number of rotatable bonds is 5. The van der Waals surface area contributed by atoms with Gasteiger partial charge in [0.1, 0.15) is 5.75 Å². The average molecular weight is 345 g/mol. The quantitative estimate of drug-likeness (QED) is 0.705. The highest BCUT2D eigenvalue weighted by atomic mass is 16.5. The van der Waals surface area contributed by atoms with Gasteiger partial charge in [-0.1, -0.05) is 48.5 Å². The molecule has 4 rings (SSSR count). The molecule has 2 nitrogen and oxygen atoms in total. The van der Waals surface area contributed by atoms with Gasteiger partial charge < -0.3 is 10.5 Å². The predicted octanol–water partition coefficient (Wildman–Crippen LogP) is 5.01. The third-order valence-electron chi connectivity index (χ3n) is 5.80. The Kier molecular flexibility index (Phi) is 4.94. The predicted molar refractivity (Wildman–Crippen MR) is 109 cm³/mol. The molecule has 0 saturated carbocycles. The van der Waals surface area contributed by atoms with Gasteiger partial charge in [-0.3, -0.25) is 0 Å². The molecule has 0 saturated heterocycles. The first-order valence-corrected chi connectivity index (χ1v) is 9.66. The summed E-state index contributed by atoms with van der Waals surface area (Å²) in [6.45, 7) is 0.644. The second-order valence-corrected chi connectivity index (χ2v) is 7.34. The normalized spacial score (nSPS) is 14.8. The van der Waals surface area contributed by atoms with E-state index in [1.54, 1.807) is 7.11 Å². The number of methoxy groups -OCH3 is 1. The van der Waals surface area contributed by atoms with Crippen LogP contribution in [0.2, 0.25) is 0 Å². The number of aryl methyl sites for hydroxylation is 2. The van der Waals surface area contributed by atoms with E-state index < -0.39 is 0 Å². The molecular weight excluding hydrogens is 318 g/mol. The van der Waals surface area contributed by atoms with Crippen LogP contribution in [-0.4, -0.2) is 13.7 Å². The van der Waals surface area contributed by atoms with Crippen LogP contribution in [-0.2, 0) is 19.3 Å². The zero-order valence-corrected chi connectivity index (χ0v) is 15.5. The second kappa shape index (κ2) is 7.51. The molecule has 0 heterocycles. The summed E-state index contributed by atoms with van der Waals surface area (Å²) in [5.74, 6) is 1.27. The molecule has 3 aromatic carbocycles. The van der Waals surface area contributed by atoms with E-state index in [1.807, 2.05) is 0 Å². The number of hydrogen-bond acceptors (Lipinski definition) is 2. The highest BCUT2D eigenvalue weighted by Crippen LogP contribution is 2.33. The number of hydrogen-bond donors (Lipinski definition) is 1. The number of nitrogens with two attached hydrogens (primary N) is 1. The Morgan fingerprint density at radius 2 is 1.77 bits per heavy atom. The van der Waals surface area contributed by atoms with Crippen molar-refractivity contribution < 1.29 is 4.74 Å². The van der Waals surface area contributed by atoms with Gasteiger partial charge in [-0.15, -0.1) is 0 Å². The third-order valence-corrected chi connectivity index (χ3v) is 5.80. The SMILES string of the molecule is COc1ccc2ccccc2c1CC(CN)c1ccc2c(c1)CCCC2. The summed E-state index contributed by atoms with van der Waals surface area (Å²) in [6.07, 6.45) is 5.96. The Labute approximate surface area is 156 Å². The van der Waals surface area contributed by atoms with E-state index in [0.29, 0.717) is 12.5 Å². The molecular formula is C24H27NO. The van der Waals surface area contributed by atoms with Crippen LogP contribution in [0, 0.1) is 0 Å². The lowest BCUT2D eigenvalue weighted by atomic mass is 9.84. The Morgan fingerprint density at radius 3 is 2.58 bits per heavy atom. The van der Waals surface area contributed by atoms with Crippen LogP contribution in [0.5, 0.6) is 5.75 Å². The zero-order valence-electron chi connectivity index (χ0n) is 15.5. The molecule has 0 amide bonds. The van der Waals surface area contributed by atoms with Gasteiger partial charge in [0.2, 0.25) is 0 Å². The van der Waals surface area contributed by atoms with Crippen LogP contribution in [0.4, 0.5) is 0 Å². The molecule has 0 fully saturated rings. The van der Waals surface area contributed by atoms with Crippen LogP contribution >= 0.6 is 0 Å². The summed E-state index contributed by atoms with van der Waals surface area (Å²) in [7, 11) is 1.75. The van der Waals surface area contributed by atoms with Crippen molar-refractivity contribution in [2.24, 2.45) is 5.73 Å². The largest absolute Gasteiger partial charge is 0.496 e. The fraction of sp³-hybridized carbons (Fsp3) is 0.333. The van der Waals surface area contributed by atoms with Gasteiger partial charge in [0.25, 0.3) is 0 Å². The van der Waals surface area contributed by atoms with E-state index in [4.69, 9.17) is 10.5 Å². The molecule has 1 aliphatic carbocycles. The van der Waals surface area contributed by atoms with E-state index in [1.165, 1.54) is 58.7 Å². The summed E-state index contributed by atoms with van der Waals surface area (Å²) >= 11 is 0. The van der Waals surface area contributed by atoms with Crippen molar-refractivity contribution in [2.45, 2.75) is 38.0 Å². The van der Waals surface area contributed by atoms with Crippen LogP contribution < -0.4 is 10.5 Å². The summed E-state index contributed by atoms with van der Waals surface area (Å²) in [6, 6.07) is 19.8. The highest BCUT2D eigenvalue weighted by Gasteiger charge is 2.18. The molecule has 2 N–H and O–H groups in total. The fourth-order valence-electron chi connectivity index (χ4n) is 4.31. The molecule has 0 spiro atoms. The number of benzene rings is 3. The van der Waals surface area contributed by atoms with E-state index in [2.05, 4.69) is 54.6 Å². The molecule has 0 aromatic heterocycles. The van der Waals surface area contributed by atoms with Crippen LogP contribution in [0.1, 0.15) is 41.0 Å². The van der Waals surface area contributed by atoms with Crippen molar-refractivity contribution in [3.8, 4) is 5.75 Å². The first kappa shape index (κ1) is 17.1. The van der Waals surface area contributed by atoms with Crippen molar-refractivity contribution in [1.29, 1.82) is 0 Å². The zero-order chi connectivity index (χ0) is 17.9. The van der Waals surface area contributed by atoms with Gasteiger partial charge >= 0.3 is 0 Å². The minimum atomic E-state index is 0.307. The van der Waals surface area contributed by atoms with E-state index in [-0.39, 0.29) is 0 Å². The molecule has 26 heavy (non-hydrogen) atoms. The number of fused-ring (bicyclic) bond motifs is 2. The smallest absolute Gasteiger partial charge is 0.122 e. The molecule has 3 aromatic rings. The van der Waals surface area contributed by atoms with Crippen molar-refractivity contribution in [3.63, 3.8) is 0 Å². The second-order valence-electron chi connectivity index (χ2n) is 7.34. The molecule has 0 radical (unpaired) electrons. The van der Waals surface area contributed by atoms with Crippen LogP contribution in [0.15, 0.2) is 54.6 Å². The van der Waals surface area contributed by atoms with E-state index >= 15 is 0 Å². The number of ether oxygens (including phenoxy) is 1. The fourth-order valence-corrected chi connectivity index (χ4v) is 4.31. The molecule has 134 valence electrons. The Morgan fingerprint density at radius 1 is 0.962 bits per heavy atom. The minimum absolute atomic E-state index is 0.307. The summed E-state index contributed by atoms with van der Waals surface area (Å²) in [5, 5.41) is 2.52. The minimum Gasteiger partial charge on any atom is -0.496 e. The van der Waals surface area contributed by atoms with Crippen molar-refractivity contribution in [2.75, 3.05) is 13.7 Å². The lowest BCUT2D eigenvalue weighted by Gasteiger charge is -2.22. The van der Waals surface area contributed by atoms with E-state index in [0.717, 1.165) is 12.2 Å². The molecule has 0 bridgehead atoms. The lowest BCUT2D eigenvalue weighted by molar-refractivity contribution is 0.409. The van der Waals surface area contributed by atoms with Gasteiger partial charge in [-0.25, -0.2) is 0 Å². The van der Waals surface area contributed by atoms with Gasteiger partial charge in [-0.05, 0) is 72.2 Å². The Bertz CT molecular complexity index is 915. The standard InChI is InChI=1S/C24H27NO/c1-26-24-13-12-18-7-4-5-9-22(18)23(24)15-21(16-25)20-11-10-17-6-2-3-8-19(17)14-20/h4-5,7,9-14,21H,2-3,6,8,15-16,25H2,1H3. The molecule has 2 heteroatoms. The summed E-state index contributed by atoms with van der Waals surface area (Å²) in [4.78, 5) is 0. The average Bonchev–Trinajstić information content (AvgIpc) is 2.71. The maximum absolute atomic E-state index is 6.22. The maximum atomic E-state index is 6.22. The molecule has 1 aliphatic rings. The molecule has 1 atom stereocenters. The maximum Gasteiger partial charge on any atom is 0.122 e. The molecule has 1 unspecified atom stereocenters. The summed E-state index contributed by atoms with van der Waals surface area (Å²) < 4.78 is 5.68. The first-order chi connectivity index (χ1) is 12.8. The van der Waals surface area contributed by atoms with Crippen molar-refractivity contribution in [3.05, 3.63) is 76.9 Å². The molecule has 0 aliphatic heterocycles. The van der Waals surface area contributed by atoms with Gasteiger partial charge in [-0.2, -0.15) is 0 Å². The summed E-state index contributed by atoms with van der Waals surface area (Å²) in [5.41, 5.74) is 11.9. The Balaban J connectivity index is 1.72. The first-order valence-electron chi connectivity index (χ1n) is 9.66. The van der Waals surface area contributed by atoms with Crippen LogP contribution in [0.3, 0.4) is 0 Å². The van der Waals surface area contributed by atoms with Crippen LogP contribution in [0.25, 0.3) is 10.8 Å². The van der Waals surface area contributed by atoms with Crippen molar-refractivity contribution >= 4 is 10.8 Å². The Hall–Kier alpha value is -2.32. The van der Waals surface area contributed by atoms with Gasteiger partial charge in [0.05, 0.1) is 7.11 Å². The monoisotopic (exact) mass is 345 g/mol. The topological polar surface area (TPSA) is 35.2 Å².